The Bertz CT molecular complexity index is 348. The minimum absolute atomic E-state index is 0. The molecular weight excluding hydrogens is 225 g/mol. The Morgan fingerprint density at radius 1 is 1.17 bits per heavy atom. The first-order valence-corrected chi connectivity index (χ1v) is 4.71. The van der Waals surface area contributed by atoms with Gasteiger partial charge in [0.25, 0.3) is 0 Å². The third kappa shape index (κ3) is 3.84. The fourth-order valence-electron chi connectivity index (χ4n) is 0.624. The largest absolute Gasteiger partial charge is 0.238 e. The molecule has 0 heterocycles. The van der Waals surface area contributed by atoms with Crippen LogP contribution in [0.15, 0.2) is 29.2 Å². The third-order valence-corrected chi connectivity index (χ3v) is 2.32. The second kappa shape index (κ2) is 5.07. The molecule has 0 aliphatic carbocycles. The molecule has 61 valence electrons. The van der Waals surface area contributed by atoms with Crippen molar-refractivity contribution in [1.29, 1.82) is 0 Å². The molecule has 0 aromatic heterocycles. The molecule has 1 aromatic rings. The van der Waals surface area contributed by atoms with Crippen LogP contribution >= 0.6 is 11.6 Å². The van der Waals surface area contributed by atoms with E-state index in [-0.39, 0.29) is 56.3 Å². The number of hydrogen-bond donors (Lipinski definition) is 1. The van der Waals surface area contributed by atoms with Crippen molar-refractivity contribution < 1.29 is 8.42 Å². The van der Waals surface area contributed by atoms with Gasteiger partial charge in [-0.1, -0.05) is 11.6 Å². The fraction of sp³-hybridized carbons (Fsp3) is 0. The average Bonchev–Trinajstić information content (AvgIpc) is 1.86. The molecule has 0 saturated heterocycles. The molecule has 0 aliphatic heterocycles. The van der Waals surface area contributed by atoms with Gasteiger partial charge in [-0.2, -0.15) is 0 Å². The standard InChI is InChI=1S/C6H6ClNO2S.K/c7-5-1-3-6(4-2-5)11(8,9)10;/h1-4H,(H2,8,9,10);. The van der Waals surface area contributed by atoms with Crippen LogP contribution in [0, 0.1) is 0 Å². The summed E-state index contributed by atoms with van der Waals surface area (Å²) in [5.74, 6) is 0. The summed E-state index contributed by atoms with van der Waals surface area (Å²) in [7, 11) is -3.58. The van der Waals surface area contributed by atoms with Crippen molar-refractivity contribution in [3.63, 3.8) is 0 Å². The van der Waals surface area contributed by atoms with E-state index in [0.717, 1.165) is 0 Å². The van der Waals surface area contributed by atoms with E-state index in [1.54, 1.807) is 0 Å². The van der Waals surface area contributed by atoms with Crippen LogP contribution in [0.5, 0.6) is 0 Å². The number of nitrogens with two attached hydrogens (primary N) is 1. The fourth-order valence-corrected chi connectivity index (χ4v) is 1.27. The molecule has 1 radical (unpaired) electrons. The summed E-state index contributed by atoms with van der Waals surface area (Å²) in [5, 5.41) is 5.32. The van der Waals surface area contributed by atoms with Crippen LogP contribution in [0.3, 0.4) is 0 Å². The normalized spacial score (nSPS) is 10.5. The monoisotopic (exact) mass is 230 g/mol. The molecule has 0 fully saturated rings. The molecule has 0 unspecified atom stereocenters. The summed E-state index contributed by atoms with van der Waals surface area (Å²) >= 11 is 5.53. The van der Waals surface area contributed by atoms with Crippen molar-refractivity contribution in [2.45, 2.75) is 4.90 Å². The number of hydrogen-bond acceptors (Lipinski definition) is 2. The second-order valence-corrected chi connectivity index (χ2v) is 4.00. The van der Waals surface area contributed by atoms with Crippen molar-refractivity contribution in [2.24, 2.45) is 5.14 Å². The summed E-state index contributed by atoms with van der Waals surface area (Å²) in [6.07, 6.45) is 0. The molecule has 0 saturated carbocycles. The van der Waals surface area contributed by atoms with Crippen LogP contribution in [0.1, 0.15) is 0 Å². The molecular formula is C6H6ClKNO2S. The van der Waals surface area contributed by atoms with E-state index in [1.807, 2.05) is 0 Å². The van der Waals surface area contributed by atoms with E-state index in [9.17, 15) is 8.42 Å². The topological polar surface area (TPSA) is 60.2 Å². The Kier molecular flexibility index (Phi) is 5.51. The van der Waals surface area contributed by atoms with Crippen LogP contribution in [-0.2, 0) is 10.0 Å². The van der Waals surface area contributed by atoms with E-state index in [0.29, 0.717) is 5.02 Å². The molecule has 0 aliphatic rings. The van der Waals surface area contributed by atoms with E-state index in [4.69, 9.17) is 16.7 Å². The molecule has 0 spiro atoms. The number of sulfonamides is 1. The van der Waals surface area contributed by atoms with Crippen LogP contribution in [-0.4, -0.2) is 59.8 Å². The van der Waals surface area contributed by atoms with E-state index in [2.05, 4.69) is 0 Å². The maximum absolute atomic E-state index is 10.7. The molecule has 1 rings (SSSR count). The predicted molar refractivity (Wildman–Crippen MR) is 48.6 cm³/mol. The minimum Gasteiger partial charge on any atom is -0.225 e. The smallest absolute Gasteiger partial charge is 0.225 e. The number of benzene rings is 1. The first-order valence-electron chi connectivity index (χ1n) is 2.78. The molecule has 0 amide bonds. The van der Waals surface area contributed by atoms with Gasteiger partial charge >= 0.3 is 0 Å². The maximum atomic E-state index is 10.7. The number of rotatable bonds is 1. The molecule has 2 N–H and O–H groups in total. The van der Waals surface area contributed by atoms with Gasteiger partial charge < -0.3 is 0 Å². The van der Waals surface area contributed by atoms with Gasteiger partial charge in [0, 0.05) is 56.4 Å². The molecule has 12 heavy (non-hydrogen) atoms. The molecule has 1 aromatic carbocycles. The van der Waals surface area contributed by atoms with Gasteiger partial charge in [-0.3, -0.25) is 0 Å². The van der Waals surface area contributed by atoms with Gasteiger partial charge in [0.05, 0.1) is 4.90 Å². The molecule has 3 nitrogen and oxygen atoms in total. The number of primary sulfonamides is 1. The van der Waals surface area contributed by atoms with Gasteiger partial charge in [0.1, 0.15) is 0 Å². The number of halogens is 1. The Labute approximate surface area is 119 Å². The quantitative estimate of drug-likeness (QED) is 0.719. The Morgan fingerprint density at radius 2 is 1.58 bits per heavy atom. The van der Waals surface area contributed by atoms with Crippen LogP contribution in [0.4, 0.5) is 0 Å². The Morgan fingerprint density at radius 3 is 1.92 bits per heavy atom. The van der Waals surface area contributed by atoms with Gasteiger partial charge in [-0.05, 0) is 24.3 Å². The summed E-state index contributed by atoms with van der Waals surface area (Å²) < 4.78 is 21.4. The predicted octanol–water partition coefficient (Wildman–Crippen LogP) is 0.607. The van der Waals surface area contributed by atoms with Gasteiger partial charge in [0.15, 0.2) is 0 Å². The summed E-state index contributed by atoms with van der Waals surface area (Å²) in [6.45, 7) is 0. The SMILES string of the molecule is NS(=O)(=O)c1ccc(Cl)cc1.[K]. The van der Waals surface area contributed by atoms with Crippen LogP contribution in [0.2, 0.25) is 5.02 Å². The van der Waals surface area contributed by atoms with Crippen LogP contribution in [0.25, 0.3) is 0 Å². The molecule has 6 heteroatoms. The first-order chi connectivity index (χ1) is 5.00. The van der Waals surface area contributed by atoms with Crippen molar-refractivity contribution in [1.82, 2.24) is 0 Å². The zero-order valence-electron chi connectivity index (χ0n) is 6.49. The van der Waals surface area contributed by atoms with E-state index in [1.165, 1.54) is 24.3 Å². The Hall–Kier alpha value is 1.06. The zero-order chi connectivity index (χ0) is 8.48. The summed E-state index contributed by atoms with van der Waals surface area (Å²) in [5.41, 5.74) is 0. The van der Waals surface area contributed by atoms with Crippen LogP contribution < -0.4 is 5.14 Å². The zero-order valence-corrected chi connectivity index (χ0v) is 11.2. The van der Waals surface area contributed by atoms with E-state index >= 15 is 0 Å². The van der Waals surface area contributed by atoms with Gasteiger partial charge in [0.2, 0.25) is 10.0 Å². The van der Waals surface area contributed by atoms with Gasteiger partial charge in [-0.15, -0.1) is 0 Å². The minimum atomic E-state index is -3.58. The molecule has 0 atom stereocenters. The molecule has 0 bridgehead atoms. The second-order valence-electron chi connectivity index (χ2n) is 2.00. The van der Waals surface area contributed by atoms with Gasteiger partial charge in [-0.25, -0.2) is 13.6 Å². The average molecular weight is 231 g/mol. The van der Waals surface area contributed by atoms with E-state index < -0.39 is 10.0 Å². The summed E-state index contributed by atoms with van der Waals surface area (Å²) in [4.78, 5) is 0.0712. The van der Waals surface area contributed by atoms with Crippen molar-refractivity contribution >= 4 is 73.0 Å². The maximum Gasteiger partial charge on any atom is 0.238 e. The Balaban J connectivity index is 0.00000121. The first kappa shape index (κ1) is 13.1. The van der Waals surface area contributed by atoms with Crippen molar-refractivity contribution in [3.8, 4) is 0 Å². The van der Waals surface area contributed by atoms with Crippen molar-refractivity contribution in [2.75, 3.05) is 0 Å². The summed E-state index contributed by atoms with van der Waals surface area (Å²) in [6, 6.07) is 5.66. The third-order valence-electron chi connectivity index (χ3n) is 1.14. The van der Waals surface area contributed by atoms with Crippen molar-refractivity contribution in [3.05, 3.63) is 29.3 Å².